The third-order valence-corrected chi connectivity index (χ3v) is 4.49. The van der Waals surface area contributed by atoms with E-state index >= 15 is 0 Å². The van der Waals surface area contributed by atoms with Gasteiger partial charge in [-0.1, -0.05) is 31.5 Å². The summed E-state index contributed by atoms with van der Waals surface area (Å²) < 4.78 is 0. The lowest BCUT2D eigenvalue weighted by molar-refractivity contribution is 0.0531. The Morgan fingerprint density at radius 3 is 2.30 bits per heavy atom. The highest BCUT2D eigenvalue weighted by atomic mass is 16.2. The van der Waals surface area contributed by atoms with Crippen LogP contribution in [0.3, 0.4) is 0 Å². The summed E-state index contributed by atoms with van der Waals surface area (Å²) in [4.78, 5) is 14.8. The van der Waals surface area contributed by atoms with Crippen LogP contribution in [0.25, 0.3) is 0 Å². The van der Waals surface area contributed by atoms with Gasteiger partial charge in [-0.05, 0) is 43.7 Å². The van der Waals surface area contributed by atoms with Crippen LogP contribution in [0, 0.1) is 26.2 Å². The zero-order valence-electron chi connectivity index (χ0n) is 13.3. The molecule has 0 saturated carbocycles. The van der Waals surface area contributed by atoms with Crippen molar-refractivity contribution in [2.24, 2.45) is 11.1 Å². The van der Waals surface area contributed by atoms with E-state index in [1.54, 1.807) is 0 Å². The number of benzene rings is 1. The molecular weight excluding hydrogens is 248 g/mol. The van der Waals surface area contributed by atoms with E-state index in [0.717, 1.165) is 36.2 Å². The predicted octanol–water partition coefficient (Wildman–Crippen LogP) is 2.81. The molecule has 110 valence electrons. The van der Waals surface area contributed by atoms with Crippen LogP contribution in [0.2, 0.25) is 0 Å². The third kappa shape index (κ3) is 2.73. The highest BCUT2D eigenvalue weighted by molar-refractivity contribution is 5.97. The van der Waals surface area contributed by atoms with Crippen molar-refractivity contribution in [3.05, 3.63) is 34.4 Å². The standard InChI is InChI=1S/C17H26N2O/c1-11-8-12(2)15(13(3)9-11)16(20)19-7-6-14(18)17(4,5)10-19/h8-9,14H,6-7,10,18H2,1-5H3. The van der Waals surface area contributed by atoms with Crippen molar-refractivity contribution in [3.8, 4) is 0 Å². The molecule has 1 fully saturated rings. The SMILES string of the molecule is Cc1cc(C)c(C(=O)N2CCC(N)C(C)(C)C2)c(C)c1. The van der Waals surface area contributed by atoms with Crippen LogP contribution in [0.4, 0.5) is 0 Å². The Hall–Kier alpha value is -1.35. The molecule has 1 aromatic carbocycles. The summed E-state index contributed by atoms with van der Waals surface area (Å²) in [5.41, 5.74) is 10.3. The van der Waals surface area contributed by atoms with E-state index in [1.807, 2.05) is 18.7 Å². The van der Waals surface area contributed by atoms with Crippen molar-refractivity contribution in [1.82, 2.24) is 4.90 Å². The van der Waals surface area contributed by atoms with Gasteiger partial charge in [0.1, 0.15) is 0 Å². The molecule has 1 atom stereocenters. The molecule has 1 aromatic rings. The molecule has 1 unspecified atom stereocenters. The van der Waals surface area contributed by atoms with Crippen molar-refractivity contribution in [2.75, 3.05) is 13.1 Å². The number of carbonyl (C=O) groups excluding carboxylic acids is 1. The van der Waals surface area contributed by atoms with Crippen LogP contribution in [0.5, 0.6) is 0 Å². The first-order valence-electron chi connectivity index (χ1n) is 7.35. The Bertz CT molecular complexity index is 511. The van der Waals surface area contributed by atoms with Crippen molar-refractivity contribution in [2.45, 2.75) is 47.1 Å². The van der Waals surface area contributed by atoms with E-state index < -0.39 is 0 Å². The lowest BCUT2D eigenvalue weighted by Crippen LogP contribution is -2.54. The van der Waals surface area contributed by atoms with E-state index in [2.05, 4.69) is 32.9 Å². The third-order valence-electron chi connectivity index (χ3n) is 4.49. The largest absolute Gasteiger partial charge is 0.338 e. The summed E-state index contributed by atoms with van der Waals surface area (Å²) in [6, 6.07) is 4.34. The van der Waals surface area contributed by atoms with Gasteiger partial charge in [0.25, 0.3) is 5.91 Å². The lowest BCUT2D eigenvalue weighted by Gasteiger charge is -2.42. The molecule has 0 radical (unpaired) electrons. The number of carbonyl (C=O) groups is 1. The first kappa shape index (κ1) is 15.0. The van der Waals surface area contributed by atoms with Crippen LogP contribution in [0.1, 0.15) is 47.3 Å². The molecule has 3 nitrogen and oxygen atoms in total. The molecule has 0 spiro atoms. The number of rotatable bonds is 1. The van der Waals surface area contributed by atoms with Crippen LogP contribution in [-0.4, -0.2) is 29.9 Å². The topological polar surface area (TPSA) is 46.3 Å². The second-order valence-corrected chi connectivity index (χ2v) is 6.88. The Balaban J connectivity index is 2.29. The Kier molecular flexibility index (Phi) is 3.92. The number of amides is 1. The number of nitrogens with two attached hydrogens (primary N) is 1. The molecule has 2 rings (SSSR count). The number of aryl methyl sites for hydroxylation is 3. The van der Waals surface area contributed by atoms with E-state index in [-0.39, 0.29) is 17.4 Å². The van der Waals surface area contributed by atoms with E-state index in [1.165, 1.54) is 5.56 Å². The van der Waals surface area contributed by atoms with E-state index in [0.29, 0.717) is 0 Å². The first-order chi connectivity index (χ1) is 9.22. The second-order valence-electron chi connectivity index (χ2n) is 6.88. The Morgan fingerprint density at radius 2 is 1.80 bits per heavy atom. The number of nitrogens with zero attached hydrogens (tertiary/aromatic N) is 1. The lowest BCUT2D eigenvalue weighted by atomic mass is 9.79. The Morgan fingerprint density at radius 1 is 1.25 bits per heavy atom. The molecule has 0 aliphatic carbocycles. The molecule has 0 aromatic heterocycles. The minimum Gasteiger partial charge on any atom is -0.338 e. The van der Waals surface area contributed by atoms with Crippen LogP contribution < -0.4 is 5.73 Å². The quantitative estimate of drug-likeness (QED) is 0.856. The fourth-order valence-electron chi connectivity index (χ4n) is 3.22. The van der Waals surface area contributed by atoms with Gasteiger partial charge in [-0.25, -0.2) is 0 Å². The fourth-order valence-corrected chi connectivity index (χ4v) is 3.22. The smallest absolute Gasteiger partial charge is 0.254 e. The molecule has 1 heterocycles. The molecule has 1 saturated heterocycles. The maximum absolute atomic E-state index is 12.8. The fraction of sp³-hybridized carbons (Fsp3) is 0.588. The maximum Gasteiger partial charge on any atom is 0.254 e. The number of hydrogen-bond donors (Lipinski definition) is 1. The van der Waals surface area contributed by atoms with E-state index in [4.69, 9.17) is 5.73 Å². The molecule has 20 heavy (non-hydrogen) atoms. The van der Waals surface area contributed by atoms with Gasteiger partial charge in [-0.15, -0.1) is 0 Å². The molecular formula is C17H26N2O. The van der Waals surface area contributed by atoms with Gasteiger partial charge < -0.3 is 10.6 Å². The summed E-state index contributed by atoms with van der Waals surface area (Å²) in [6.45, 7) is 11.9. The minimum atomic E-state index is -0.0135. The Labute approximate surface area is 122 Å². The summed E-state index contributed by atoms with van der Waals surface area (Å²) in [7, 11) is 0. The number of piperidine rings is 1. The molecule has 2 N–H and O–H groups in total. The van der Waals surface area contributed by atoms with Gasteiger partial charge in [-0.3, -0.25) is 4.79 Å². The van der Waals surface area contributed by atoms with Crippen LogP contribution >= 0.6 is 0 Å². The molecule has 3 heteroatoms. The maximum atomic E-state index is 12.8. The van der Waals surface area contributed by atoms with Crippen molar-refractivity contribution >= 4 is 5.91 Å². The average Bonchev–Trinajstić information content (AvgIpc) is 2.31. The summed E-state index contributed by atoms with van der Waals surface area (Å²) >= 11 is 0. The van der Waals surface area contributed by atoms with Crippen molar-refractivity contribution in [1.29, 1.82) is 0 Å². The first-order valence-corrected chi connectivity index (χ1v) is 7.35. The zero-order chi connectivity index (χ0) is 15.1. The van der Waals surface area contributed by atoms with Crippen molar-refractivity contribution in [3.63, 3.8) is 0 Å². The normalized spacial score (nSPS) is 21.9. The van der Waals surface area contributed by atoms with Gasteiger partial charge >= 0.3 is 0 Å². The van der Waals surface area contributed by atoms with Gasteiger partial charge in [-0.2, -0.15) is 0 Å². The molecule has 1 aliphatic rings. The molecule has 0 bridgehead atoms. The van der Waals surface area contributed by atoms with Crippen molar-refractivity contribution < 1.29 is 4.79 Å². The van der Waals surface area contributed by atoms with Gasteiger partial charge in [0, 0.05) is 24.7 Å². The summed E-state index contributed by atoms with van der Waals surface area (Å²) in [5.74, 6) is 0.153. The van der Waals surface area contributed by atoms with Gasteiger partial charge in [0.05, 0.1) is 0 Å². The van der Waals surface area contributed by atoms with E-state index in [9.17, 15) is 4.79 Å². The molecule has 1 amide bonds. The van der Waals surface area contributed by atoms with Gasteiger partial charge in [0.15, 0.2) is 0 Å². The summed E-state index contributed by atoms with van der Waals surface area (Å²) in [6.07, 6.45) is 0.878. The molecule has 1 aliphatic heterocycles. The second kappa shape index (κ2) is 5.21. The monoisotopic (exact) mass is 274 g/mol. The average molecular weight is 274 g/mol. The van der Waals surface area contributed by atoms with Crippen LogP contribution in [0.15, 0.2) is 12.1 Å². The predicted molar refractivity (Wildman–Crippen MR) is 82.9 cm³/mol. The number of hydrogen-bond acceptors (Lipinski definition) is 2. The zero-order valence-corrected chi connectivity index (χ0v) is 13.3. The summed E-state index contributed by atoms with van der Waals surface area (Å²) in [5, 5.41) is 0. The van der Waals surface area contributed by atoms with Crippen LogP contribution in [-0.2, 0) is 0 Å². The highest BCUT2D eigenvalue weighted by Crippen LogP contribution is 2.29. The minimum absolute atomic E-state index is 0.0135. The highest BCUT2D eigenvalue weighted by Gasteiger charge is 2.36. The number of likely N-dealkylation sites (tertiary alicyclic amines) is 1. The van der Waals surface area contributed by atoms with Gasteiger partial charge in [0.2, 0.25) is 0 Å².